The van der Waals surface area contributed by atoms with Crippen LogP contribution in [-0.2, 0) is 10.0 Å². The average molecular weight is 343 g/mol. The van der Waals surface area contributed by atoms with Crippen LogP contribution in [0.3, 0.4) is 0 Å². The molecule has 1 saturated carbocycles. The summed E-state index contributed by atoms with van der Waals surface area (Å²) in [5, 5.41) is 9.25. The molecule has 0 amide bonds. The molecule has 0 aliphatic heterocycles. The van der Waals surface area contributed by atoms with Crippen LogP contribution in [-0.4, -0.2) is 24.3 Å². The summed E-state index contributed by atoms with van der Waals surface area (Å²) in [6.07, 6.45) is 1.63. The van der Waals surface area contributed by atoms with Gasteiger partial charge in [-0.15, -0.1) is 0 Å². The second-order valence-corrected chi connectivity index (χ2v) is 7.77. The second kappa shape index (κ2) is 4.89. The smallest absolute Gasteiger partial charge is 0.207 e. The first-order valence-electron chi connectivity index (χ1n) is 6.01. The Hall–Kier alpha value is -0.900. The van der Waals surface area contributed by atoms with E-state index in [9.17, 15) is 13.7 Å². The summed E-state index contributed by atoms with van der Waals surface area (Å²) in [4.78, 5) is 0.213. The van der Waals surface area contributed by atoms with Crippen LogP contribution in [0.5, 0.6) is 0 Å². The fourth-order valence-corrected chi connectivity index (χ4v) is 4.99. The molecule has 1 fully saturated rings. The van der Waals surface area contributed by atoms with Crippen LogP contribution >= 0.6 is 15.9 Å². The lowest BCUT2D eigenvalue weighted by Crippen LogP contribution is -2.48. The van der Waals surface area contributed by atoms with E-state index in [0.717, 1.165) is 12.8 Å². The van der Waals surface area contributed by atoms with Gasteiger partial charge in [-0.25, -0.2) is 8.42 Å². The molecule has 0 heterocycles. The van der Waals surface area contributed by atoms with E-state index in [2.05, 4.69) is 22.0 Å². The van der Waals surface area contributed by atoms with Gasteiger partial charge >= 0.3 is 0 Å². The van der Waals surface area contributed by atoms with Gasteiger partial charge in [0.25, 0.3) is 0 Å². The molecule has 0 unspecified atom stereocenters. The predicted octanol–water partition coefficient (Wildman–Crippen LogP) is 2.90. The van der Waals surface area contributed by atoms with Gasteiger partial charge in [-0.3, -0.25) is 0 Å². The van der Waals surface area contributed by atoms with Crippen LogP contribution in [0.4, 0.5) is 0 Å². The molecule has 1 aromatic rings. The molecule has 0 N–H and O–H groups in total. The SMILES string of the molecule is CC(C)(C#N)N(C1CC1)S(=O)(=O)c1ccccc1Br. The van der Waals surface area contributed by atoms with Crippen molar-refractivity contribution in [3.63, 3.8) is 0 Å². The molecule has 0 saturated heterocycles. The zero-order valence-electron chi connectivity index (χ0n) is 10.8. The van der Waals surface area contributed by atoms with Crippen molar-refractivity contribution in [3.05, 3.63) is 28.7 Å². The van der Waals surface area contributed by atoms with E-state index >= 15 is 0 Å². The van der Waals surface area contributed by atoms with Gasteiger partial charge in [0.15, 0.2) is 0 Å². The van der Waals surface area contributed by atoms with Crippen molar-refractivity contribution >= 4 is 26.0 Å². The lowest BCUT2D eigenvalue weighted by Gasteiger charge is -2.32. The summed E-state index contributed by atoms with van der Waals surface area (Å²) < 4.78 is 27.4. The molecule has 0 radical (unpaired) electrons. The molecule has 1 aliphatic rings. The number of nitrogens with zero attached hydrogens (tertiary/aromatic N) is 2. The Morgan fingerprint density at radius 2 is 1.95 bits per heavy atom. The molecule has 0 bridgehead atoms. The maximum atomic E-state index is 12.8. The third-order valence-electron chi connectivity index (χ3n) is 3.08. The third-order valence-corrected chi connectivity index (χ3v) is 6.21. The Bertz CT molecular complexity index is 630. The third kappa shape index (κ3) is 2.69. The molecule has 1 aromatic carbocycles. The Morgan fingerprint density at radius 3 is 2.42 bits per heavy atom. The summed E-state index contributed by atoms with van der Waals surface area (Å²) >= 11 is 3.27. The molecule has 2 rings (SSSR count). The highest BCUT2D eigenvalue weighted by Crippen LogP contribution is 2.39. The van der Waals surface area contributed by atoms with Gasteiger partial charge in [0.05, 0.1) is 11.0 Å². The van der Waals surface area contributed by atoms with Crippen LogP contribution in [0.15, 0.2) is 33.6 Å². The van der Waals surface area contributed by atoms with Gasteiger partial charge in [0.2, 0.25) is 10.0 Å². The number of hydrogen-bond acceptors (Lipinski definition) is 3. The van der Waals surface area contributed by atoms with E-state index in [4.69, 9.17) is 0 Å². The molecule has 4 nitrogen and oxygen atoms in total. The van der Waals surface area contributed by atoms with E-state index < -0.39 is 15.6 Å². The first kappa shape index (κ1) is 14.5. The highest BCUT2D eigenvalue weighted by Gasteiger charge is 2.47. The first-order valence-corrected chi connectivity index (χ1v) is 8.24. The Morgan fingerprint density at radius 1 is 1.37 bits per heavy atom. The minimum atomic E-state index is -3.67. The lowest BCUT2D eigenvalue weighted by molar-refractivity contribution is 0.280. The molecular weight excluding hydrogens is 328 g/mol. The van der Waals surface area contributed by atoms with E-state index in [1.807, 2.05) is 0 Å². The standard InChI is InChI=1S/C13H15BrN2O2S/c1-13(2,9-15)16(10-7-8-10)19(17,18)12-6-4-3-5-11(12)14/h3-6,10H,7-8H2,1-2H3. The van der Waals surface area contributed by atoms with Gasteiger partial charge in [0, 0.05) is 10.5 Å². The zero-order valence-corrected chi connectivity index (χ0v) is 13.2. The van der Waals surface area contributed by atoms with Gasteiger partial charge in [0.1, 0.15) is 5.54 Å². The number of hydrogen-bond donors (Lipinski definition) is 0. The number of halogens is 1. The first-order chi connectivity index (χ1) is 8.80. The summed E-state index contributed by atoms with van der Waals surface area (Å²) in [6, 6.07) is 8.72. The monoisotopic (exact) mass is 342 g/mol. The quantitative estimate of drug-likeness (QED) is 0.845. The molecule has 19 heavy (non-hydrogen) atoms. The normalized spacial score (nSPS) is 16.4. The minimum absolute atomic E-state index is 0.0632. The fourth-order valence-electron chi connectivity index (χ4n) is 2.07. The van der Waals surface area contributed by atoms with Crippen LogP contribution in [0.25, 0.3) is 0 Å². The van der Waals surface area contributed by atoms with Crippen LogP contribution in [0.2, 0.25) is 0 Å². The van der Waals surface area contributed by atoms with Crippen LogP contribution in [0.1, 0.15) is 26.7 Å². The maximum absolute atomic E-state index is 12.8. The molecule has 1 aliphatic carbocycles. The lowest BCUT2D eigenvalue weighted by atomic mass is 10.1. The Balaban J connectivity index is 2.54. The van der Waals surface area contributed by atoms with Crippen molar-refractivity contribution in [1.82, 2.24) is 4.31 Å². The number of benzene rings is 1. The Labute approximate surface area is 122 Å². The molecule has 102 valence electrons. The minimum Gasteiger partial charge on any atom is -0.207 e. The van der Waals surface area contributed by atoms with Crippen molar-refractivity contribution in [1.29, 1.82) is 5.26 Å². The summed E-state index contributed by atoms with van der Waals surface area (Å²) in [6.45, 7) is 3.28. The van der Waals surface area contributed by atoms with Crippen molar-refractivity contribution in [2.24, 2.45) is 0 Å². The predicted molar refractivity (Wildman–Crippen MR) is 75.9 cm³/mol. The highest BCUT2D eigenvalue weighted by atomic mass is 79.9. The van der Waals surface area contributed by atoms with E-state index in [0.29, 0.717) is 4.47 Å². The number of rotatable bonds is 4. The maximum Gasteiger partial charge on any atom is 0.245 e. The van der Waals surface area contributed by atoms with E-state index in [1.54, 1.807) is 38.1 Å². The molecule has 0 spiro atoms. The summed E-state index contributed by atoms with van der Waals surface area (Å²) in [7, 11) is -3.67. The number of sulfonamides is 1. The van der Waals surface area contributed by atoms with Gasteiger partial charge in [-0.2, -0.15) is 9.57 Å². The molecular formula is C13H15BrN2O2S. The zero-order chi connectivity index (χ0) is 14.3. The average Bonchev–Trinajstić information content (AvgIpc) is 3.13. The molecule has 0 aromatic heterocycles. The molecule has 0 atom stereocenters. The highest BCUT2D eigenvalue weighted by molar-refractivity contribution is 9.10. The fraction of sp³-hybridized carbons (Fsp3) is 0.462. The second-order valence-electron chi connectivity index (χ2n) is 5.13. The summed E-state index contributed by atoms with van der Waals surface area (Å²) in [5.41, 5.74) is -1.05. The van der Waals surface area contributed by atoms with Crippen molar-refractivity contribution < 1.29 is 8.42 Å². The summed E-state index contributed by atoms with van der Waals surface area (Å²) in [5.74, 6) is 0. The van der Waals surface area contributed by atoms with Crippen LogP contribution in [0, 0.1) is 11.3 Å². The van der Waals surface area contributed by atoms with Gasteiger partial charge < -0.3 is 0 Å². The number of nitriles is 1. The van der Waals surface area contributed by atoms with Gasteiger partial charge in [-0.05, 0) is 54.8 Å². The van der Waals surface area contributed by atoms with Crippen LogP contribution < -0.4 is 0 Å². The van der Waals surface area contributed by atoms with Crippen molar-refractivity contribution in [2.75, 3.05) is 0 Å². The van der Waals surface area contributed by atoms with Gasteiger partial charge in [-0.1, -0.05) is 12.1 Å². The van der Waals surface area contributed by atoms with Crippen molar-refractivity contribution in [3.8, 4) is 6.07 Å². The Kier molecular flexibility index (Phi) is 3.74. The van der Waals surface area contributed by atoms with E-state index in [-0.39, 0.29) is 10.9 Å². The van der Waals surface area contributed by atoms with Crippen molar-refractivity contribution in [2.45, 2.75) is 43.2 Å². The largest absolute Gasteiger partial charge is 0.245 e. The topological polar surface area (TPSA) is 61.2 Å². The van der Waals surface area contributed by atoms with E-state index in [1.165, 1.54) is 4.31 Å². The molecule has 6 heteroatoms.